The normalized spacial score (nSPS) is 20.0. The van der Waals surface area contributed by atoms with Crippen molar-refractivity contribution in [2.24, 2.45) is 0 Å². The molecule has 0 bridgehead atoms. The lowest BCUT2D eigenvalue weighted by atomic mass is 10.2. The van der Waals surface area contributed by atoms with Crippen LogP contribution >= 0.6 is 0 Å². The van der Waals surface area contributed by atoms with Gasteiger partial charge in [0.1, 0.15) is 17.8 Å². The Hall–Kier alpha value is -1.74. The van der Waals surface area contributed by atoms with Gasteiger partial charge >= 0.3 is 0 Å². The zero-order chi connectivity index (χ0) is 16.2. The molecule has 0 saturated carbocycles. The van der Waals surface area contributed by atoms with Crippen molar-refractivity contribution in [3.05, 3.63) is 18.1 Å². The van der Waals surface area contributed by atoms with Gasteiger partial charge < -0.3 is 15.5 Å². The molecule has 2 N–H and O–H groups in total. The van der Waals surface area contributed by atoms with Crippen LogP contribution in [0.1, 0.15) is 16.9 Å². The van der Waals surface area contributed by atoms with Crippen molar-refractivity contribution in [2.75, 3.05) is 44.0 Å². The fourth-order valence-corrected chi connectivity index (χ4v) is 3.84. The van der Waals surface area contributed by atoms with E-state index in [1.165, 1.54) is 12.4 Å². The highest BCUT2D eigenvalue weighted by atomic mass is 32.2. The first-order valence-electron chi connectivity index (χ1n) is 7.08. The predicted molar refractivity (Wildman–Crippen MR) is 83.6 cm³/mol. The van der Waals surface area contributed by atoms with Gasteiger partial charge in [-0.05, 0) is 20.5 Å². The number of aromatic nitrogens is 2. The maximum Gasteiger partial charge on any atom is 0.270 e. The number of hydrogen-bond donors (Lipinski definition) is 2. The average molecular weight is 327 g/mol. The maximum absolute atomic E-state index is 12.0. The number of likely N-dealkylation sites (N-methyl/N-ethyl adjacent to an activating group) is 1. The third kappa shape index (κ3) is 4.92. The Morgan fingerprint density at radius 1 is 1.41 bits per heavy atom. The predicted octanol–water partition coefficient (Wildman–Crippen LogP) is -0.633. The zero-order valence-corrected chi connectivity index (χ0v) is 13.6. The number of carbonyl (C=O) groups excluding carboxylic acids is 1. The van der Waals surface area contributed by atoms with Gasteiger partial charge in [-0.1, -0.05) is 0 Å². The molecule has 0 aromatic carbocycles. The van der Waals surface area contributed by atoms with Crippen LogP contribution in [0.15, 0.2) is 12.4 Å². The van der Waals surface area contributed by atoms with E-state index in [1.807, 2.05) is 19.0 Å². The molecule has 1 aromatic heterocycles. The number of carbonyl (C=O) groups is 1. The number of rotatable bonds is 6. The number of hydrogen-bond acceptors (Lipinski definition) is 7. The SMILES string of the molecule is CN(C)CCNC(=O)c1cc(NC2CCS(=O)(=O)C2)ncn1. The summed E-state index contributed by atoms with van der Waals surface area (Å²) >= 11 is 0. The highest BCUT2D eigenvalue weighted by molar-refractivity contribution is 7.91. The second-order valence-corrected chi connectivity index (χ2v) is 7.82. The highest BCUT2D eigenvalue weighted by Gasteiger charge is 2.28. The van der Waals surface area contributed by atoms with Gasteiger partial charge in [0, 0.05) is 25.2 Å². The Kier molecular flexibility index (Phi) is 5.30. The lowest BCUT2D eigenvalue weighted by Crippen LogP contribution is -2.32. The molecule has 0 aliphatic carbocycles. The van der Waals surface area contributed by atoms with Crippen molar-refractivity contribution in [3.63, 3.8) is 0 Å². The molecular weight excluding hydrogens is 306 g/mol. The van der Waals surface area contributed by atoms with Crippen LogP contribution in [0.3, 0.4) is 0 Å². The van der Waals surface area contributed by atoms with Gasteiger partial charge in [-0.25, -0.2) is 18.4 Å². The quantitative estimate of drug-likeness (QED) is 0.716. The molecule has 8 nitrogen and oxygen atoms in total. The minimum absolute atomic E-state index is 0.0986. The molecule has 1 saturated heterocycles. The summed E-state index contributed by atoms with van der Waals surface area (Å²) in [5.74, 6) is 0.482. The molecule has 1 atom stereocenters. The first kappa shape index (κ1) is 16.6. The van der Waals surface area contributed by atoms with E-state index < -0.39 is 9.84 Å². The summed E-state index contributed by atoms with van der Waals surface area (Å²) < 4.78 is 22.9. The van der Waals surface area contributed by atoms with Gasteiger partial charge in [0.15, 0.2) is 9.84 Å². The summed E-state index contributed by atoms with van der Waals surface area (Å²) in [7, 11) is 0.898. The lowest BCUT2D eigenvalue weighted by molar-refractivity contribution is 0.0946. The molecule has 0 spiro atoms. The van der Waals surface area contributed by atoms with E-state index in [0.717, 1.165) is 6.54 Å². The number of sulfone groups is 1. The molecule has 1 aromatic rings. The molecule has 9 heteroatoms. The van der Waals surface area contributed by atoms with Crippen LogP contribution < -0.4 is 10.6 Å². The van der Waals surface area contributed by atoms with Crippen LogP contribution in [-0.4, -0.2) is 73.9 Å². The van der Waals surface area contributed by atoms with Crippen LogP contribution in [0.2, 0.25) is 0 Å². The molecule has 0 radical (unpaired) electrons. The fourth-order valence-electron chi connectivity index (χ4n) is 2.16. The molecule has 122 valence electrons. The maximum atomic E-state index is 12.0. The fraction of sp³-hybridized carbons (Fsp3) is 0.615. The summed E-state index contributed by atoms with van der Waals surface area (Å²) in [6.45, 7) is 1.27. The van der Waals surface area contributed by atoms with Crippen LogP contribution in [-0.2, 0) is 9.84 Å². The van der Waals surface area contributed by atoms with E-state index in [9.17, 15) is 13.2 Å². The van der Waals surface area contributed by atoms with Crippen LogP contribution in [0.5, 0.6) is 0 Å². The third-order valence-electron chi connectivity index (χ3n) is 3.33. The number of nitrogens with one attached hydrogen (secondary N) is 2. The van der Waals surface area contributed by atoms with Gasteiger partial charge in [0.25, 0.3) is 5.91 Å². The Bertz CT molecular complexity index is 632. The minimum Gasteiger partial charge on any atom is -0.366 e. The molecule has 1 aliphatic heterocycles. The Morgan fingerprint density at radius 2 is 2.18 bits per heavy atom. The van der Waals surface area contributed by atoms with Gasteiger partial charge in [-0.3, -0.25) is 4.79 Å². The van der Waals surface area contributed by atoms with E-state index in [0.29, 0.717) is 18.8 Å². The van der Waals surface area contributed by atoms with E-state index in [-0.39, 0.29) is 29.1 Å². The minimum atomic E-state index is -2.95. The Morgan fingerprint density at radius 3 is 2.82 bits per heavy atom. The Labute approximate surface area is 130 Å². The van der Waals surface area contributed by atoms with E-state index in [1.54, 1.807) is 0 Å². The number of anilines is 1. The van der Waals surface area contributed by atoms with Gasteiger partial charge in [-0.2, -0.15) is 0 Å². The largest absolute Gasteiger partial charge is 0.366 e. The van der Waals surface area contributed by atoms with Crippen molar-refractivity contribution in [1.29, 1.82) is 0 Å². The first-order valence-corrected chi connectivity index (χ1v) is 8.90. The number of nitrogens with zero attached hydrogens (tertiary/aromatic N) is 3. The summed E-state index contributed by atoms with van der Waals surface area (Å²) in [6.07, 6.45) is 1.85. The molecule has 1 aliphatic rings. The monoisotopic (exact) mass is 327 g/mol. The summed E-state index contributed by atoms with van der Waals surface area (Å²) in [6, 6.07) is 1.38. The van der Waals surface area contributed by atoms with Crippen molar-refractivity contribution in [3.8, 4) is 0 Å². The molecule has 2 rings (SSSR count). The highest BCUT2D eigenvalue weighted by Crippen LogP contribution is 2.16. The summed E-state index contributed by atoms with van der Waals surface area (Å²) in [4.78, 5) is 21.9. The van der Waals surface area contributed by atoms with Crippen LogP contribution in [0.4, 0.5) is 5.82 Å². The standard InChI is InChI=1S/C13H21N5O3S/c1-18(2)5-4-14-13(19)11-7-12(16-9-15-11)17-10-3-6-22(20,21)8-10/h7,9-10H,3-6,8H2,1-2H3,(H,14,19)(H,15,16,17). The van der Waals surface area contributed by atoms with Crippen molar-refractivity contribution in [2.45, 2.75) is 12.5 Å². The molecule has 1 fully saturated rings. The summed E-state index contributed by atoms with van der Waals surface area (Å²) in [5, 5.41) is 5.82. The molecule has 1 amide bonds. The molecule has 1 unspecified atom stereocenters. The van der Waals surface area contributed by atoms with Crippen LogP contribution in [0.25, 0.3) is 0 Å². The van der Waals surface area contributed by atoms with Crippen molar-refractivity contribution < 1.29 is 13.2 Å². The zero-order valence-electron chi connectivity index (χ0n) is 12.7. The van der Waals surface area contributed by atoms with E-state index in [4.69, 9.17) is 0 Å². The second kappa shape index (κ2) is 7.01. The molecular formula is C13H21N5O3S. The van der Waals surface area contributed by atoms with E-state index in [2.05, 4.69) is 20.6 Å². The van der Waals surface area contributed by atoms with Gasteiger partial charge in [0.05, 0.1) is 11.5 Å². The van der Waals surface area contributed by atoms with Gasteiger partial charge in [-0.15, -0.1) is 0 Å². The first-order chi connectivity index (χ1) is 10.4. The van der Waals surface area contributed by atoms with Crippen molar-refractivity contribution >= 4 is 21.6 Å². The summed E-state index contributed by atoms with van der Waals surface area (Å²) in [5.41, 5.74) is 0.261. The second-order valence-electron chi connectivity index (χ2n) is 5.59. The number of amides is 1. The smallest absolute Gasteiger partial charge is 0.270 e. The van der Waals surface area contributed by atoms with Crippen LogP contribution in [0, 0.1) is 0 Å². The Balaban J connectivity index is 1.93. The molecule has 2 heterocycles. The topological polar surface area (TPSA) is 104 Å². The van der Waals surface area contributed by atoms with Crippen molar-refractivity contribution in [1.82, 2.24) is 20.2 Å². The molecule has 22 heavy (non-hydrogen) atoms. The average Bonchev–Trinajstić information content (AvgIpc) is 2.77. The van der Waals surface area contributed by atoms with Gasteiger partial charge in [0.2, 0.25) is 0 Å². The van der Waals surface area contributed by atoms with E-state index >= 15 is 0 Å². The third-order valence-corrected chi connectivity index (χ3v) is 5.10. The lowest BCUT2D eigenvalue weighted by Gasteiger charge is -2.12.